The summed E-state index contributed by atoms with van der Waals surface area (Å²) in [6.07, 6.45) is 3.18. The maximum atomic E-state index is 10.7. The summed E-state index contributed by atoms with van der Waals surface area (Å²) in [7, 11) is 0. The van der Waals surface area contributed by atoms with Crippen LogP contribution in [0.25, 0.3) is 0 Å². The Morgan fingerprint density at radius 1 is 1.25 bits per heavy atom. The Morgan fingerprint density at radius 3 is 2.75 bits per heavy atom. The van der Waals surface area contributed by atoms with E-state index in [9.17, 15) is 5.11 Å². The molecule has 1 radical (unpaired) electrons. The molecule has 1 unspecified atom stereocenters. The predicted octanol–water partition coefficient (Wildman–Crippen LogP) is 2.22. The van der Waals surface area contributed by atoms with Gasteiger partial charge in [0.25, 0.3) is 0 Å². The van der Waals surface area contributed by atoms with E-state index >= 15 is 0 Å². The Bertz CT molecular complexity index is 267. The molecule has 0 saturated heterocycles. The lowest BCUT2D eigenvalue weighted by atomic mass is 9.84. The van der Waals surface area contributed by atoms with Gasteiger partial charge in [-0.05, 0) is 36.3 Å². The number of aryl methyl sites for hydroxylation is 1. The zero-order valence-corrected chi connectivity index (χ0v) is 7.12. The van der Waals surface area contributed by atoms with Crippen LogP contribution in [-0.4, -0.2) is 6.61 Å². The standard InChI is InChI=1S/C11H13O/c12-8-9-5-6-10-3-1-2-4-11(10)7-9/h1-4,9H,5-8H2. The summed E-state index contributed by atoms with van der Waals surface area (Å²) >= 11 is 0. The van der Waals surface area contributed by atoms with Gasteiger partial charge in [0.15, 0.2) is 0 Å². The summed E-state index contributed by atoms with van der Waals surface area (Å²) in [5, 5.41) is 10.7. The van der Waals surface area contributed by atoms with E-state index in [1.807, 2.05) is 0 Å². The second-order valence-corrected chi connectivity index (χ2v) is 3.54. The lowest BCUT2D eigenvalue weighted by molar-refractivity contribution is 0.135. The average Bonchev–Trinajstić information content (AvgIpc) is 2.17. The first-order valence-electron chi connectivity index (χ1n) is 4.55. The fourth-order valence-electron chi connectivity index (χ4n) is 1.92. The number of hydrogen-bond acceptors (Lipinski definition) is 0. The quantitative estimate of drug-likeness (QED) is 0.602. The van der Waals surface area contributed by atoms with Crippen molar-refractivity contribution in [2.75, 3.05) is 6.61 Å². The van der Waals surface area contributed by atoms with Gasteiger partial charge in [0.1, 0.15) is 0 Å². The molecule has 0 amide bonds. The van der Waals surface area contributed by atoms with Gasteiger partial charge in [0.05, 0.1) is 6.61 Å². The van der Waals surface area contributed by atoms with Crippen LogP contribution in [0.5, 0.6) is 0 Å². The first-order chi connectivity index (χ1) is 5.90. The molecule has 0 aliphatic heterocycles. The molecule has 1 nitrogen and oxygen atoms in total. The van der Waals surface area contributed by atoms with Gasteiger partial charge in [-0.3, -0.25) is 0 Å². The van der Waals surface area contributed by atoms with Crippen LogP contribution in [-0.2, 0) is 17.9 Å². The molecule has 1 aromatic carbocycles. The number of benzene rings is 1. The van der Waals surface area contributed by atoms with E-state index in [1.165, 1.54) is 11.1 Å². The van der Waals surface area contributed by atoms with E-state index in [2.05, 4.69) is 24.3 Å². The summed E-state index contributed by atoms with van der Waals surface area (Å²) in [4.78, 5) is 0. The van der Waals surface area contributed by atoms with Crippen molar-refractivity contribution in [2.24, 2.45) is 5.92 Å². The van der Waals surface area contributed by atoms with Crippen LogP contribution >= 0.6 is 0 Å². The van der Waals surface area contributed by atoms with Crippen molar-refractivity contribution < 1.29 is 5.11 Å². The lowest BCUT2D eigenvalue weighted by Gasteiger charge is -2.21. The Hall–Kier alpha value is -0.820. The Kier molecular flexibility index (Phi) is 2.13. The van der Waals surface area contributed by atoms with Crippen LogP contribution < -0.4 is 0 Å². The Balaban J connectivity index is 2.23. The molecule has 12 heavy (non-hydrogen) atoms. The normalized spacial score (nSPS) is 21.9. The van der Waals surface area contributed by atoms with Crippen LogP contribution in [0, 0.1) is 5.92 Å². The topological polar surface area (TPSA) is 19.9 Å². The van der Waals surface area contributed by atoms with Crippen molar-refractivity contribution in [3.8, 4) is 0 Å². The summed E-state index contributed by atoms with van der Waals surface area (Å²) in [6, 6.07) is 8.47. The largest absolute Gasteiger partial charge is 0.236 e. The first-order valence-corrected chi connectivity index (χ1v) is 4.55. The molecule has 1 aromatic rings. The van der Waals surface area contributed by atoms with Crippen LogP contribution in [0.4, 0.5) is 0 Å². The molecule has 0 saturated carbocycles. The highest BCUT2D eigenvalue weighted by molar-refractivity contribution is 5.29. The van der Waals surface area contributed by atoms with Crippen molar-refractivity contribution in [1.82, 2.24) is 0 Å². The van der Waals surface area contributed by atoms with Gasteiger partial charge in [-0.15, -0.1) is 0 Å². The zero-order valence-electron chi connectivity index (χ0n) is 7.12. The van der Waals surface area contributed by atoms with E-state index in [0.29, 0.717) is 5.92 Å². The highest BCUT2D eigenvalue weighted by atomic mass is 16.3. The molecule has 0 bridgehead atoms. The van der Waals surface area contributed by atoms with E-state index in [0.717, 1.165) is 19.3 Å². The minimum Gasteiger partial charge on any atom is -0.236 e. The monoisotopic (exact) mass is 161 g/mol. The van der Waals surface area contributed by atoms with Gasteiger partial charge in [-0.1, -0.05) is 24.3 Å². The van der Waals surface area contributed by atoms with E-state index < -0.39 is 0 Å². The van der Waals surface area contributed by atoms with Crippen molar-refractivity contribution >= 4 is 0 Å². The van der Waals surface area contributed by atoms with Gasteiger partial charge in [-0.2, -0.15) is 0 Å². The highest BCUT2D eigenvalue weighted by Crippen LogP contribution is 2.24. The van der Waals surface area contributed by atoms with Crippen LogP contribution in [0.2, 0.25) is 0 Å². The van der Waals surface area contributed by atoms with Crippen LogP contribution in [0.3, 0.4) is 0 Å². The minimum atomic E-state index is 0.0916. The molecule has 0 N–H and O–H groups in total. The predicted molar refractivity (Wildman–Crippen MR) is 47.5 cm³/mol. The van der Waals surface area contributed by atoms with Gasteiger partial charge in [-0.25, -0.2) is 5.11 Å². The summed E-state index contributed by atoms with van der Waals surface area (Å²) in [5.74, 6) is 0.389. The smallest absolute Gasteiger partial charge is 0.0853 e. The highest BCUT2D eigenvalue weighted by Gasteiger charge is 2.17. The molecule has 0 spiro atoms. The third-order valence-electron chi connectivity index (χ3n) is 2.68. The molecule has 1 heteroatoms. The molecular formula is C11H13O. The summed E-state index contributed by atoms with van der Waals surface area (Å²) < 4.78 is 0. The fourth-order valence-corrected chi connectivity index (χ4v) is 1.92. The van der Waals surface area contributed by atoms with Gasteiger partial charge in [0, 0.05) is 0 Å². The average molecular weight is 161 g/mol. The van der Waals surface area contributed by atoms with Crippen LogP contribution in [0.1, 0.15) is 17.5 Å². The second-order valence-electron chi connectivity index (χ2n) is 3.54. The Labute approximate surface area is 73.0 Å². The fraction of sp³-hybridized carbons (Fsp3) is 0.455. The molecule has 0 aromatic heterocycles. The maximum Gasteiger partial charge on any atom is 0.0853 e. The Morgan fingerprint density at radius 2 is 2.00 bits per heavy atom. The van der Waals surface area contributed by atoms with Gasteiger partial charge >= 0.3 is 0 Å². The van der Waals surface area contributed by atoms with Crippen molar-refractivity contribution in [1.29, 1.82) is 0 Å². The second kappa shape index (κ2) is 3.28. The molecule has 63 valence electrons. The minimum absolute atomic E-state index is 0.0916. The molecule has 0 fully saturated rings. The molecule has 1 atom stereocenters. The maximum absolute atomic E-state index is 10.7. The summed E-state index contributed by atoms with van der Waals surface area (Å²) in [6.45, 7) is 0.0916. The zero-order chi connectivity index (χ0) is 8.39. The van der Waals surface area contributed by atoms with E-state index in [4.69, 9.17) is 0 Å². The third kappa shape index (κ3) is 1.37. The SMILES string of the molecule is [O]CC1CCc2ccccc2C1. The lowest BCUT2D eigenvalue weighted by Crippen LogP contribution is -2.16. The first kappa shape index (κ1) is 7.81. The van der Waals surface area contributed by atoms with Crippen molar-refractivity contribution in [3.05, 3.63) is 35.4 Å². The van der Waals surface area contributed by atoms with Crippen molar-refractivity contribution in [3.63, 3.8) is 0 Å². The summed E-state index contributed by atoms with van der Waals surface area (Å²) in [5.41, 5.74) is 2.84. The number of hydrogen-bond donors (Lipinski definition) is 0. The molecule has 0 heterocycles. The third-order valence-corrected chi connectivity index (χ3v) is 2.68. The number of rotatable bonds is 1. The van der Waals surface area contributed by atoms with Crippen molar-refractivity contribution in [2.45, 2.75) is 19.3 Å². The van der Waals surface area contributed by atoms with E-state index in [1.54, 1.807) is 0 Å². The van der Waals surface area contributed by atoms with Gasteiger partial charge < -0.3 is 0 Å². The molecule has 1 aliphatic carbocycles. The molecule has 2 rings (SSSR count). The van der Waals surface area contributed by atoms with Crippen LogP contribution in [0.15, 0.2) is 24.3 Å². The number of fused-ring (bicyclic) bond motifs is 1. The van der Waals surface area contributed by atoms with Gasteiger partial charge in [0.2, 0.25) is 0 Å². The van der Waals surface area contributed by atoms with E-state index in [-0.39, 0.29) is 6.61 Å². The molecule has 1 aliphatic rings. The molecular weight excluding hydrogens is 148 g/mol.